The van der Waals surface area contributed by atoms with Crippen molar-refractivity contribution in [1.29, 1.82) is 0 Å². The molecular formula is C52H37N3O2S. The minimum absolute atomic E-state index is 0.354. The van der Waals surface area contributed by atoms with Crippen LogP contribution in [-0.2, 0) is 6.54 Å². The first-order chi connectivity index (χ1) is 28.6. The molecule has 278 valence electrons. The van der Waals surface area contributed by atoms with Crippen molar-refractivity contribution in [2.75, 3.05) is 0 Å². The van der Waals surface area contributed by atoms with Gasteiger partial charge in [0.15, 0.2) is 5.84 Å². The molecule has 0 fully saturated rings. The van der Waals surface area contributed by atoms with Gasteiger partial charge in [-0.3, -0.25) is 4.99 Å². The Balaban J connectivity index is 1.10. The van der Waals surface area contributed by atoms with E-state index in [-0.39, 0.29) is 0 Å². The van der Waals surface area contributed by atoms with Crippen LogP contribution in [-0.4, -0.2) is 11.7 Å². The van der Waals surface area contributed by atoms with Crippen molar-refractivity contribution < 1.29 is 8.83 Å². The smallest absolute Gasteiger partial charge is 0.157 e. The van der Waals surface area contributed by atoms with Crippen LogP contribution < -0.4 is 5.73 Å². The molecule has 1 aliphatic carbocycles. The number of hydrogen-bond acceptors (Lipinski definition) is 4. The van der Waals surface area contributed by atoms with E-state index >= 15 is 0 Å². The van der Waals surface area contributed by atoms with Gasteiger partial charge in [-0.05, 0) is 82.6 Å². The predicted molar refractivity (Wildman–Crippen MR) is 244 cm³/mol. The molecule has 7 aromatic carbocycles. The van der Waals surface area contributed by atoms with E-state index in [0.717, 1.165) is 78.1 Å². The molecule has 0 spiro atoms. The second-order valence-electron chi connectivity index (χ2n) is 15.1. The standard InChI is InChI=1S/C52H37N3O2S/c1-31-17-21-33(22-18-31)34-23-19-32(20-24-34)30-54-52(35-25-26-37-36-9-4-7-16-46(36)58-47(37)29-35)55-51(53)50-39(27-28-45-49(50)41-11-3-6-14-43(41)57-45)38-12-8-15-44-48(38)40-10-2-5-13-42(40)56-44/h2-17,19-29,31H,18,30H2,1H3,(H2,53,54,55). The van der Waals surface area contributed by atoms with E-state index in [4.69, 9.17) is 24.6 Å². The fraction of sp³-hybridized carbons (Fsp3) is 0.0769. The van der Waals surface area contributed by atoms with E-state index < -0.39 is 0 Å². The fourth-order valence-electron chi connectivity index (χ4n) is 8.44. The highest BCUT2D eigenvalue weighted by Gasteiger charge is 2.22. The SMILES string of the molecule is CC1C=CC(c2ccc(C/N=C(\N=C(/N)c3c(-c4cccc5oc6ccccc6c45)ccc4oc5ccccc5c34)c3ccc4c(c3)sc3ccccc34)cc2)=CC1. The van der Waals surface area contributed by atoms with Gasteiger partial charge in [0, 0.05) is 52.8 Å². The monoisotopic (exact) mass is 767 g/mol. The summed E-state index contributed by atoms with van der Waals surface area (Å²) in [5.74, 6) is 1.49. The van der Waals surface area contributed by atoms with Crippen LogP contribution in [0.25, 0.3) is 80.7 Å². The lowest BCUT2D eigenvalue weighted by atomic mass is 9.92. The molecule has 6 heteroatoms. The third-order valence-corrected chi connectivity index (χ3v) is 12.5. The Morgan fingerprint density at radius 1 is 0.655 bits per heavy atom. The van der Waals surface area contributed by atoms with Crippen molar-refractivity contribution in [3.63, 3.8) is 0 Å². The van der Waals surface area contributed by atoms with Gasteiger partial charge in [-0.15, -0.1) is 11.3 Å². The first-order valence-electron chi connectivity index (χ1n) is 19.7. The highest BCUT2D eigenvalue weighted by molar-refractivity contribution is 7.25. The molecular weight excluding hydrogens is 731 g/mol. The maximum Gasteiger partial charge on any atom is 0.157 e. The third-order valence-electron chi connectivity index (χ3n) is 11.4. The van der Waals surface area contributed by atoms with Crippen LogP contribution in [0.2, 0.25) is 0 Å². The number of furan rings is 2. The van der Waals surface area contributed by atoms with Gasteiger partial charge in [0.05, 0.1) is 6.54 Å². The molecule has 0 saturated carbocycles. The van der Waals surface area contributed by atoms with Gasteiger partial charge in [0.1, 0.15) is 28.2 Å². The lowest BCUT2D eigenvalue weighted by Crippen LogP contribution is -2.18. The number of para-hydroxylation sites is 2. The summed E-state index contributed by atoms with van der Waals surface area (Å²) < 4.78 is 15.2. The second-order valence-corrected chi connectivity index (χ2v) is 16.2. The number of nitrogens with zero attached hydrogens (tertiary/aromatic N) is 2. The summed E-state index contributed by atoms with van der Waals surface area (Å²) in [5.41, 5.74) is 17.8. The molecule has 0 radical (unpaired) electrons. The number of benzene rings is 7. The van der Waals surface area contributed by atoms with Gasteiger partial charge in [-0.1, -0.05) is 128 Å². The predicted octanol–water partition coefficient (Wildman–Crippen LogP) is 13.9. The first-order valence-corrected chi connectivity index (χ1v) is 20.5. The second kappa shape index (κ2) is 13.9. The number of amidine groups is 2. The zero-order chi connectivity index (χ0) is 38.7. The van der Waals surface area contributed by atoms with Crippen LogP contribution in [0.15, 0.2) is 183 Å². The van der Waals surface area contributed by atoms with E-state index in [0.29, 0.717) is 24.1 Å². The molecule has 58 heavy (non-hydrogen) atoms. The normalized spacial score (nSPS) is 15.1. The van der Waals surface area contributed by atoms with Crippen LogP contribution in [0.3, 0.4) is 0 Å². The summed E-state index contributed by atoms with van der Waals surface area (Å²) in [6.07, 6.45) is 7.90. The molecule has 0 amide bonds. The minimum atomic E-state index is 0.354. The zero-order valence-corrected chi connectivity index (χ0v) is 32.6. The summed E-state index contributed by atoms with van der Waals surface area (Å²) in [4.78, 5) is 10.6. The van der Waals surface area contributed by atoms with Crippen molar-refractivity contribution in [2.24, 2.45) is 21.6 Å². The Hall–Kier alpha value is -7.02. The van der Waals surface area contributed by atoms with Crippen molar-refractivity contribution >= 4 is 92.6 Å². The van der Waals surface area contributed by atoms with Gasteiger partial charge < -0.3 is 14.6 Å². The molecule has 0 saturated heterocycles. The Bertz CT molecular complexity index is 3370. The third kappa shape index (κ3) is 5.84. The Morgan fingerprint density at radius 2 is 1.34 bits per heavy atom. The number of nitrogens with two attached hydrogens (primary N) is 1. The van der Waals surface area contributed by atoms with Crippen LogP contribution >= 0.6 is 11.3 Å². The maximum absolute atomic E-state index is 7.37. The van der Waals surface area contributed by atoms with E-state index in [1.807, 2.05) is 54.6 Å². The van der Waals surface area contributed by atoms with Crippen molar-refractivity contribution in [3.05, 3.63) is 186 Å². The van der Waals surface area contributed by atoms with Crippen LogP contribution in [0.4, 0.5) is 0 Å². The minimum Gasteiger partial charge on any atom is -0.456 e. The van der Waals surface area contributed by atoms with Gasteiger partial charge in [-0.25, -0.2) is 4.99 Å². The molecule has 2 N–H and O–H groups in total. The largest absolute Gasteiger partial charge is 0.456 e. The Morgan fingerprint density at radius 3 is 2.12 bits per heavy atom. The molecule has 10 aromatic rings. The summed E-state index contributed by atoms with van der Waals surface area (Å²) in [5, 5.41) is 6.42. The highest BCUT2D eigenvalue weighted by atomic mass is 32.1. The summed E-state index contributed by atoms with van der Waals surface area (Å²) in [6, 6.07) is 50.4. The highest BCUT2D eigenvalue weighted by Crippen LogP contribution is 2.42. The Labute approximate surface area is 338 Å². The molecule has 5 nitrogen and oxygen atoms in total. The van der Waals surface area contributed by atoms with E-state index in [1.54, 1.807) is 11.3 Å². The first kappa shape index (κ1) is 34.2. The lowest BCUT2D eigenvalue weighted by Gasteiger charge is -2.14. The molecule has 1 aliphatic rings. The summed E-state index contributed by atoms with van der Waals surface area (Å²) in [6.45, 7) is 2.69. The summed E-state index contributed by atoms with van der Waals surface area (Å²) >= 11 is 1.78. The number of hydrogen-bond donors (Lipinski definition) is 1. The molecule has 0 aliphatic heterocycles. The number of aliphatic imine (C=N–C) groups is 2. The molecule has 11 rings (SSSR count). The van der Waals surface area contributed by atoms with Gasteiger partial charge in [-0.2, -0.15) is 0 Å². The van der Waals surface area contributed by atoms with Crippen molar-refractivity contribution in [1.82, 2.24) is 0 Å². The zero-order valence-electron chi connectivity index (χ0n) is 31.8. The quantitative estimate of drug-likeness (QED) is 0.135. The maximum atomic E-state index is 7.37. The summed E-state index contributed by atoms with van der Waals surface area (Å²) in [7, 11) is 0. The number of thiophene rings is 1. The van der Waals surface area contributed by atoms with Gasteiger partial charge in [0.25, 0.3) is 0 Å². The average Bonchev–Trinajstić information content (AvgIpc) is 3.96. The molecule has 0 bridgehead atoms. The molecule has 3 aromatic heterocycles. The van der Waals surface area contributed by atoms with E-state index in [1.165, 1.54) is 31.3 Å². The lowest BCUT2D eigenvalue weighted by molar-refractivity contribution is 0.669. The fourth-order valence-corrected chi connectivity index (χ4v) is 9.59. The topological polar surface area (TPSA) is 77.0 Å². The van der Waals surface area contributed by atoms with Crippen LogP contribution in [0.1, 0.15) is 35.6 Å². The van der Waals surface area contributed by atoms with Crippen molar-refractivity contribution in [3.8, 4) is 11.1 Å². The number of fused-ring (bicyclic) bond motifs is 9. The van der Waals surface area contributed by atoms with E-state index in [9.17, 15) is 0 Å². The number of rotatable bonds is 6. The number of allylic oxidation sites excluding steroid dienone is 4. The van der Waals surface area contributed by atoms with E-state index in [2.05, 4.69) is 116 Å². The van der Waals surface area contributed by atoms with Crippen molar-refractivity contribution in [2.45, 2.75) is 19.9 Å². The van der Waals surface area contributed by atoms with Crippen LogP contribution in [0, 0.1) is 5.92 Å². The Kier molecular flexibility index (Phi) is 8.19. The average molecular weight is 768 g/mol. The van der Waals surface area contributed by atoms with Gasteiger partial charge >= 0.3 is 0 Å². The molecule has 3 heterocycles. The molecule has 1 atom stereocenters. The molecule has 1 unspecified atom stereocenters. The van der Waals surface area contributed by atoms with Crippen LogP contribution in [0.5, 0.6) is 0 Å². The van der Waals surface area contributed by atoms with Gasteiger partial charge in [0.2, 0.25) is 0 Å².